The van der Waals surface area contributed by atoms with Gasteiger partial charge in [0, 0.05) is 9.77 Å². The molecule has 2 heterocycles. The third-order valence-corrected chi connectivity index (χ3v) is 2.11. The smallest absolute Gasteiger partial charge is 0.179 e. The molecule has 0 saturated heterocycles. The summed E-state index contributed by atoms with van der Waals surface area (Å²) in [5.74, 6) is 0. The van der Waals surface area contributed by atoms with E-state index in [0.29, 0.717) is 10.8 Å². The van der Waals surface area contributed by atoms with Crippen LogP contribution in [0.1, 0.15) is 0 Å². The molecule has 0 unspecified atom stereocenters. The lowest BCUT2D eigenvalue weighted by molar-refractivity contribution is 1.22. The molecule has 0 atom stereocenters. The molecule has 0 aliphatic carbocycles. The highest BCUT2D eigenvalue weighted by Crippen LogP contribution is 2.12. The molecule has 0 N–H and O–H groups in total. The van der Waals surface area contributed by atoms with E-state index in [1.54, 1.807) is 6.20 Å². The number of pyridine rings is 1. The number of nitrogens with zero attached hydrogens (tertiary/aromatic N) is 3. The van der Waals surface area contributed by atoms with Crippen molar-refractivity contribution in [2.75, 3.05) is 0 Å². The van der Waals surface area contributed by atoms with E-state index < -0.39 is 0 Å². The molecule has 0 radical (unpaired) electrons. The van der Waals surface area contributed by atoms with E-state index in [9.17, 15) is 0 Å². The Bertz CT molecular complexity index is 391. The van der Waals surface area contributed by atoms with Crippen molar-refractivity contribution >= 4 is 45.4 Å². The van der Waals surface area contributed by atoms with Gasteiger partial charge in [0.05, 0.1) is 6.20 Å². The first-order valence-electron chi connectivity index (χ1n) is 3.19. The maximum atomic E-state index is 5.64. The van der Waals surface area contributed by atoms with Crippen molar-refractivity contribution in [3.63, 3.8) is 0 Å². The van der Waals surface area contributed by atoms with Crippen LogP contribution in [0, 0.1) is 3.57 Å². The summed E-state index contributed by atoms with van der Waals surface area (Å²) in [6, 6.07) is 1.91. The lowest BCUT2D eigenvalue weighted by atomic mass is 10.4. The van der Waals surface area contributed by atoms with Crippen molar-refractivity contribution in [3.8, 4) is 0 Å². The van der Waals surface area contributed by atoms with Crippen LogP contribution < -0.4 is 0 Å². The van der Waals surface area contributed by atoms with Crippen molar-refractivity contribution in [1.82, 2.24) is 15.0 Å². The van der Waals surface area contributed by atoms with Gasteiger partial charge in [0.25, 0.3) is 0 Å². The van der Waals surface area contributed by atoms with Gasteiger partial charge in [0.15, 0.2) is 5.65 Å². The Morgan fingerprint density at radius 1 is 1.25 bits per heavy atom. The van der Waals surface area contributed by atoms with Gasteiger partial charge in [-0.05, 0) is 28.7 Å². The summed E-state index contributed by atoms with van der Waals surface area (Å²) in [4.78, 5) is 12.2. The maximum Gasteiger partial charge on any atom is 0.179 e. The van der Waals surface area contributed by atoms with Gasteiger partial charge >= 0.3 is 0 Å². The van der Waals surface area contributed by atoms with Crippen molar-refractivity contribution in [1.29, 1.82) is 0 Å². The molecule has 0 bridgehead atoms. The number of fused-ring (bicyclic) bond motifs is 1. The SMILES string of the molecule is Clc1cnc2cc(I)cnc2n1. The number of hydrogen-bond acceptors (Lipinski definition) is 3. The third-order valence-electron chi connectivity index (χ3n) is 1.34. The summed E-state index contributed by atoms with van der Waals surface area (Å²) >= 11 is 7.82. The average molecular weight is 291 g/mol. The van der Waals surface area contributed by atoms with Crippen LogP contribution in [0.3, 0.4) is 0 Å². The standard InChI is InChI=1S/C7H3ClIN3/c8-6-3-10-5-1-4(9)2-11-7(5)12-6/h1-3H. The second-order valence-corrected chi connectivity index (χ2v) is 3.82. The quantitative estimate of drug-likeness (QED) is 0.699. The van der Waals surface area contributed by atoms with Crippen LogP contribution in [0.5, 0.6) is 0 Å². The zero-order chi connectivity index (χ0) is 8.55. The van der Waals surface area contributed by atoms with E-state index in [-0.39, 0.29) is 0 Å². The fourth-order valence-corrected chi connectivity index (χ4v) is 1.42. The van der Waals surface area contributed by atoms with Crippen LogP contribution in [-0.2, 0) is 0 Å². The molecule has 0 aromatic carbocycles. The van der Waals surface area contributed by atoms with Crippen LogP contribution in [0.15, 0.2) is 18.5 Å². The van der Waals surface area contributed by atoms with Crippen LogP contribution >= 0.6 is 34.2 Å². The highest BCUT2D eigenvalue weighted by atomic mass is 127. The van der Waals surface area contributed by atoms with E-state index in [2.05, 4.69) is 37.5 Å². The molecule has 12 heavy (non-hydrogen) atoms. The Morgan fingerprint density at radius 3 is 2.92 bits per heavy atom. The molecule has 2 aromatic heterocycles. The molecule has 3 nitrogen and oxygen atoms in total. The predicted octanol–water partition coefficient (Wildman–Crippen LogP) is 2.28. The first-order chi connectivity index (χ1) is 5.75. The molecule has 5 heteroatoms. The molecule has 0 aliphatic rings. The second kappa shape index (κ2) is 3.10. The van der Waals surface area contributed by atoms with Gasteiger partial charge in [-0.3, -0.25) is 0 Å². The van der Waals surface area contributed by atoms with E-state index in [1.165, 1.54) is 6.20 Å². The van der Waals surface area contributed by atoms with Crippen LogP contribution in [0.2, 0.25) is 5.15 Å². The zero-order valence-electron chi connectivity index (χ0n) is 5.83. The van der Waals surface area contributed by atoms with Gasteiger partial charge in [-0.2, -0.15) is 0 Å². The molecular weight excluding hydrogens is 288 g/mol. The Hall–Kier alpha value is -0.490. The van der Waals surface area contributed by atoms with Gasteiger partial charge in [0.2, 0.25) is 0 Å². The first kappa shape index (κ1) is 8.12. The number of rotatable bonds is 0. The van der Waals surface area contributed by atoms with Crippen molar-refractivity contribution < 1.29 is 0 Å². The lowest BCUT2D eigenvalue weighted by Crippen LogP contribution is -1.88. The molecule has 0 amide bonds. The summed E-state index contributed by atoms with van der Waals surface area (Å²) in [6.07, 6.45) is 3.25. The van der Waals surface area contributed by atoms with Crippen molar-refractivity contribution in [2.45, 2.75) is 0 Å². The lowest BCUT2D eigenvalue weighted by Gasteiger charge is -1.95. The van der Waals surface area contributed by atoms with E-state index in [1.807, 2.05) is 6.07 Å². The first-order valence-corrected chi connectivity index (χ1v) is 4.65. The number of hydrogen-bond donors (Lipinski definition) is 0. The topological polar surface area (TPSA) is 38.7 Å². The normalized spacial score (nSPS) is 10.5. The minimum Gasteiger partial charge on any atom is -0.250 e. The van der Waals surface area contributed by atoms with Gasteiger partial charge in [0.1, 0.15) is 10.7 Å². The molecule has 0 spiro atoms. The maximum absolute atomic E-state index is 5.64. The highest BCUT2D eigenvalue weighted by Gasteiger charge is 1.98. The van der Waals surface area contributed by atoms with E-state index in [4.69, 9.17) is 11.6 Å². The number of aromatic nitrogens is 3. The Morgan fingerprint density at radius 2 is 2.08 bits per heavy atom. The van der Waals surface area contributed by atoms with Gasteiger partial charge < -0.3 is 0 Å². The summed E-state index contributed by atoms with van der Waals surface area (Å²) in [5.41, 5.74) is 1.36. The summed E-state index contributed by atoms with van der Waals surface area (Å²) in [5, 5.41) is 0.371. The van der Waals surface area contributed by atoms with Gasteiger partial charge in [-0.15, -0.1) is 0 Å². The van der Waals surface area contributed by atoms with Crippen molar-refractivity contribution in [3.05, 3.63) is 27.2 Å². The largest absolute Gasteiger partial charge is 0.250 e. The Labute approximate surface area is 87.3 Å². The molecule has 2 rings (SSSR count). The summed E-state index contributed by atoms with van der Waals surface area (Å²) in [6.45, 7) is 0. The fourth-order valence-electron chi connectivity index (χ4n) is 0.855. The van der Waals surface area contributed by atoms with E-state index in [0.717, 1.165) is 9.09 Å². The number of halogens is 2. The average Bonchev–Trinajstić information content (AvgIpc) is 2.05. The zero-order valence-corrected chi connectivity index (χ0v) is 8.74. The molecular formula is C7H3ClIN3. The molecule has 2 aromatic rings. The Kier molecular flexibility index (Phi) is 2.10. The molecule has 60 valence electrons. The molecule has 0 saturated carbocycles. The predicted molar refractivity (Wildman–Crippen MR) is 55.1 cm³/mol. The molecule has 0 aliphatic heterocycles. The monoisotopic (exact) mass is 291 g/mol. The third kappa shape index (κ3) is 1.49. The van der Waals surface area contributed by atoms with Crippen LogP contribution in [-0.4, -0.2) is 15.0 Å². The highest BCUT2D eigenvalue weighted by molar-refractivity contribution is 14.1. The second-order valence-electron chi connectivity index (χ2n) is 2.19. The van der Waals surface area contributed by atoms with Crippen LogP contribution in [0.25, 0.3) is 11.2 Å². The van der Waals surface area contributed by atoms with E-state index >= 15 is 0 Å². The van der Waals surface area contributed by atoms with Gasteiger partial charge in [-0.1, -0.05) is 11.6 Å². The van der Waals surface area contributed by atoms with Crippen LogP contribution in [0.4, 0.5) is 0 Å². The molecule has 0 fully saturated rings. The Balaban J connectivity index is 2.79. The van der Waals surface area contributed by atoms with Gasteiger partial charge in [-0.25, -0.2) is 15.0 Å². The minimum absolute atomic E-state index is 0.371. The van der Waals surface area contributed by atoms with Crippen molar-refractivity contribution in [2.24, 2.45) is 0 Å². The summed E-state index contributed by atoms with van der Waals surface area (Å²) in [7, 11) is 0. The summed E-state index contributed by atoms with van der Waals surface area (Å²) < 4.78 is 1.04. The minimum atomic E-state index is 0.371. The fraction of sp³-hybridized carbons (Fsp3) is 0.